The molecule has 1 aromatic carbocycles. The molecule has 0 bridgehead atoms. The van der Waals surface area contributed by atoms with Gasteiger partial charge in [0.05, 0.1) is 5.60 Å². The van der Waals surface area contributed by atoms with Gasteiger partial charge in [0.15, 0.2) is 0 Å². The van der Waals surface area contributed by atoms with Gasteiger partial charge in [0.2, 0.25) is 5.91 Å². The third-order valence-corrected chi connectivity index (χ3v) is 4.30. The lowest BCUT2D eigenvalue weighted by molar-refractivity contribution is -0.130. The van der Waals surface area contributed by atoms with Gasteiger partial charge >= 0.3 is 0 Å². The number of anilines is 1. The second kappa shape index (κ2) is 8.49. The highest BCUT2D eigenvalue weighted by molar-refractivity contribution is 5.77. The predicted octanol–water partition coefficient (Wildman–Crippen LogP) is 2.33. The van der Waals surface area contributed by atoms with E-state index in [0.717, 1.165) is 31.5 Å². The van der Waals surface area contributed by atoms with E-state index in [-0.39, 0.29) is 18.1 Å². The van der Waals surface area contributed by atoms with Crippen LogP contribution in [0.4, 0.5) is 5.69 Å². The maximum absolute atomic E-state index is 11.8. The van der Waals surface area contributed by atoms with Crippen molar-refractivity contribution in [2.45, 2.75) is 45.8 Å². The van der Waals surface area contributed by atoms with Gasteiger partial charge in [0.25, 0.3) is 0 Å². The molecule has 5 heteroatoms. The molecule has 0 spiro atoms. The van der Waals surface area contributed by atoms with Crippen LogP contribution < -0.4 is 10.2 Å². The minimum atomic E-state index is -0.303. The minimum Gasteiger partial charge on any atom is -0.396 e. The maximum atomic E-state index is 11.8. The smallest absolute Gasteiger partial charge is 0.246 e. The number of carbonyl (C=O) groups is 1. The van der Waals surface area contributed by atoms with Crippen molar-refractivity contribution in [3.05, 3.63) is 29.8 Å². The average Bonchev–Trinajstić information content (AvgIpc) is 2.58. The standard InChI is InChI=1S/C19H30N2O3/c1-19(2,3)24-14-18(23)20-12-15-4-6-17(7-5-15)21-10-8-16(13-22)9-11-21/h4-7,16,22H,8-14H2,1-3H3,(H,20,23). The normalized spacial score (nSPS) is 16.2. The molecule has 0 aromatic heterocycles. The van der Waals surface area contributed by atoms with E-state index in [1.165, 1.54) is 5.69 Å². The van der Waals surface area contributed by atoms with Crippen LogP contribution in [0.1, 0.15) is 39.2 Å². The summed E-state index contributed by atoms with van der Waals surface area (Å²) in [6.07, 6.45) is 2.09. The van der Waals surface area contributed by atoms with Crippen molar-refractivity contribution < 1.29 is 14.6 Å². The molecule has 0 radical (unpaired) electrons. The minimum absolute atomic E-state index is 0.0847. The van der Waals surface area contributed by atoms with Crippen molar-refractivity contribution in [3.63, 3.8) is 0 Å². The molecule has 1 aliphatic rings. The quantitative estimate of drug-likeness (QED) is 0.838. The lowest BCUT2D eigenvalue weighted by Crippen LogP contribution is -2.34. The lowest BCUT2D eigenvalue weighted by Gasteiger charge is -2.33. The third kappa shape index (κ3) is 6.13. The van der Waals surface area contributed by atoms with E-state index >= 15 is 0 Å². The van der Waals surface area contributed by atoms with Gasteiger partial charge < -0.3 is 20.1 Å². The molecule has 2 N–H and O–H groups in total. The zero-order valence-corrected chi connectivity index (χ0v) is 15.0. The first kappa shape index (κ1) is 18.7. The van der Waals surface area contributed by atoms with Crippen molar-refractivity contribution in [1.82, 2.24) is 5.32 Å². The number of ether oxygens (including phenoxy) is 1. The topological polar surface area (TPSA) is 61.8 Å². The Morgan fingerprint density at radius 1 is 1.25 bits per heavy atom. The van der Waals surface area contributed by atoms with Crippen molar-refractivity contribution in [2.24, 2.45) is 5.92 Å². The molecular weight excluding hydrogens is 304 g/mol. The molecule has 1 fully saturated rings. The summed E-state index contributed by atoms with van der Waals surface area (Å²) in [5, 5.41) is 12.1. The zero-order chi connectivity index (χ0) is 17.6. The second-order valence-electron chi connectivity index (χ2n) is 7.46. The van der Waals surface area contributed by atoms with Crippen LogP contribution in [0.5, 0.6) is 0 Å². The molecule has 1 aliphatic heterocycles. The summed E-state index contributed by atoms with van der Waals surface area (Å²) in [7, 11) is 0. The molecule has 1 amide bonds. The Morgan fingerprint density at radius 2 is 1.88 bits per heavy atom. The van der Waals surface area contributed by atoms with E-state index in [4.69, 9.17) is 4.74 Å². The molecule has 0 saturated carbocycles. The molecular formula is C19H30N2O3. The Bertz CT molecular complexity index is 514. The number of benzene rings is 1. The maximum Gasteiger partial charge on any atom is 0.246 e. The number of carbonyl (C=O) groups excluding carboxylic acids is 1. The second-order valence-corrected chi connectivity index (χ2v) is 7.46. The molecule has 0 aliphatic carbocycles. The van der Waals surface area contributed by atoms with Crippen LogP contribution in [0.15, 0.2) is 24.3 Å². The van der Waals surface area contributed by atoms with E-state index in [1.807, 2.05) is 20.8 Å². The van der Waals surface area contributed by atoms with Gasteiger partial charge in [0.1, 0.15) is 6.61 Å². The van der Waals surface area contributed by atoms with Crippen molar-refractivity contribution >= 4 is 11.6 Å². The highest BCUT2D eigenvalue weighted by Gasteiger charge is 2.18. The van der Waals surface area contributed by atoms with E-state index in [0.29, 0.717) is 19.1 Å². The number of rotatable bonds is 6. The summed E-state index contributed by atoms with van der Waals surface area (Å²) >= 11 is 0. The third-order valence-electron chi connectivity index (χ3n) is 4.30. The number of nitrogens with one attached hydrogen (secondary N) is 1. The van der Waals surface area contributed by atoms with Crippen LogP contribution in [-0.2, 0) is 16.1 Å². The Hall–Kier alpha value is -1.59. The molecule has 1 aromatic rings. The molecule has 24 heavy (non-hydrogen) atoms. The Morgan fingerprint density at radius 3 is 2.42 bits per heavy atom. The first-order valence-corrected chi connectivity index (χ1v) is 8.73. The number of amides is 1. The van der Waals surface area contributed by atoms with Gasteiger partial charge in [-0.1, -0.05) is 12.1 Å². The fraction of sp³-hybridized carbons (Fsp3) is 0.632. The first-order valence-electron chi connectivity index (χ1n) is 8.73. The van der Waals surface area contributed by atoms with E-state index < -0.39 is 0 Å². The number of hydrogen-bond acceptors (Lipinski definition) is 4. The van der Waals surface area contributed by atoms with Gasteiger partial charge in [-0.05, 0) is 57.2 Å². The van der Waals surface area contributed by atoms with Crippen LogP contribution in [-0.4, -0.2) is 42.9 Å². The summed E-state index contributed by atoms with van der Waals surface area (Å²) < 4.78 is 5.46. The van der Waals surface area contributed by atoms with Crippen LogP contribution in [0, 0.1) is 5.92 Å². The Balaban J connectivity index is 1.77. The average molecular weight is 334 g/mol. The molecule has 1 saturated heterocycles. The zero-order valence-electron chi connectivity index (χ0n) is 15.0. The van der Waals surface area contributed by atoms with Crippen molar-refractivity contribution in [2.75, 3.05) is 31.2 Å². The van der Waals surface area contributed by atoms with E-state index in [2.05, 4.69) is 34.5 Å². The van der Waals surface area contributed by atoms with E-state index in [9.17, 15) is 9.90 Å². The summed E-state index contributed by atoms with van der Waals surface area (Å²) in [6, 6.07) is 8.32. The van der Waals surface area contributed by atoms with Crippen molar-refractivity contribution in [3.8, 4) is 0 Å². The van der Waals surface area contributed by atoms with Crippen molar-refractivity contribution in [1.29, 1.82) is 0 Å². The largest absolute Gasteiger partial charge is 0.396 e. The van der Waals surface area contributed by atoms with Gasteiger partial charge in [-0.15, -0.1) is 0 Å². The number of aliphatic hydroxyl groups excluding tert-OH is 1. The molecule has 134 valence electrons. The fourth-order valence-electron chi connectivity index (χ4n) is 2.73. The lowest BCUT2D eigenvalue weighted by atomic mass is 9.97. The van der Waals surface area contributed by atoms with Crippen LogP contribution in [0.2, 0.25) is 0 Å². The van der Waals surface area contributed by atoms with E-state index in [1.54, 1.807) is 0 Å². The van der Waals surface area contributed by atoms with Gasteiger partial charge in [0, 0.05) is 31.9 Å². The number of piperidine rings is 1. The molecule has 0 unspecified atom stereocenters. The monoisotopic (exact) mass is 334 g/mol. The number of hydrogen-bond donors (Lipinski definition) is 2. The SMILES string of the molecule is CC(C)(C)OCC(=O)NCc1ccc(N2CCC(CO)CC2)cc1. The molecule has 2 rings (SSSR count). The number of aliphatic hydroxyl groups is 1. The highest BCUT2D eigenvalue weighted by atomic mass is 16.5. The van der Waals surface area contributed by atoms with Crippen LogP contribution >= 0.6 is 0 Å². The Kier molecular flexibility index (Phi) is 6.63. The molecule has 5 nitrogen and oxygen atoms in total. The van der Waals surface area contributed by atoms with Crippen LogP contribution in [0.25, 0.3) is 0 Å². The summed E-state index contributed by atoms with van der Waals surface area (Å²) in [6.45, 7) is 8.68. The summed E-state index contributed by atoms with van der Waals surface area (Å²) in [4.78, 5) is 14.1. The van der Waals surface area contributed by atoms with Crippen LogP contribution in [0.3, 0.4) is 0 Å². The van der Waals surface area contributed by atoms with Gasteiger partial charge in [-0.3, -0.25) is 4.79 Å². The molecule has 1 heterocycles. The summed E-state index contributed by atoms with van der Waals surface area (Å²) in [5.41, 5.74) is 1.98. The number of nitrogens with zero attached hydrogens (tertiary/aromatic N) is 1. The van der Waals surface area contributed by atoms with Gasteiger partial charge in [-0.2, -0.15) is 0 Å². The highest BCUT2D eigenvalue weighted by Crippen LogP contribution is 2.23. The van der Waals surface area contributed by atoms with Gasteiger partial charge in [-0.25, -0.2) is 0 Å². The Labute approximate surface area is 145 Å². The molecule has 0 atom stereocenters. The predicted molar refractivity (Wildman–Crippen MR) is 96.0 cm³/mol. The first-order chi connectivity index (χ1) is 11.4. The fourth-order valence-corrected chi connectivity index (χ4v) is 2.73. The summed E-state index contributed by atoms with van der Waals surface area (Å²) in [5.74, 6) is 0.353.